The molecule has 4 rings (SSSR count). The van der Waals surface area contributed by atoms with Gasteiger partial charge in [-0.3, -0.25) is 14.4 Å². The fourth-order valence-electron chi connectivity index (χ4n) is 3.42. The van der Waals surface area contributed by atoms with Crippen molar-refractivity contribution in [2.75, 3.05) is 10.2 Å². The largest absolute Gasteiger partial charge is 0.449 e. The second-order valence-electron chi connectivity index (χ2n) is 7.53. The highest BCUT2D eigenvalue weighted by Gasteiger charge is 2.36. The normalized spacial score (nSPS) is 13.5. The minimum atomic E-state index is -1.06. The molecule has 7 nitrogen and oxygen atoms in total. The molecule has 3 aromatic carbocycles. The summed E-state index contributed by atoms with van der Waals surface area (Å²) >= 11 is 5.97. The summed E-state index contributed by atoms with van der Waals surface area (Å²) in [5.41, 5.74) is 2.52. The van der Waals surface area contributed by atoms with Crippen LogP contribution in [0, 0.1) is 6.92 Å². The highest BCUT2D eigenvalue weighted by molar-refractivity contribution is 6.34. The molecule has 33 heavy (non-hydrogen) atoms. The molecule has 1 unspecified atom stereocenters. The fourth-order valence-corrected chi connectivity index (χ4v) is 3.59. The average Bonchev–Trinajstić information content (AvgIpc) is 3.06. The number of rotatable bonds is 5. The quantitative estimate of drug-likeness (QED) is 0.440. The fraction of sp³-hybridized carbons (Fsp3) is 0.120. The third kappa shape index (κ3) is 4.36. The van der Waals surface area contributed by atoms with Crippen LogP contribution in [0.1, 0.15) is 43.6 Å². The van der Waals surface area contributed by atoms with E-state index < -0.39 is 29.8 Å². The van der Waals surface area contributed by atoms with Gasteiger partial charge in [-0.1, -0.05) is 29.8 Å². The van der Waals surface area contributed by atoms with E-state index in [0.717, 1.165) is 10.5 Å². The van der Waals surface area contributed by atoms with E-state index in [1.807, 2.05) is 6.92 Å². The summed E-state index contributed by atoms with van der Waals surface area (Å²) in [4.78, 5) is 51.2. The Morgan fingerprint density at radius 2 is 1.55 bits per heavy atom. The van der Waals surface area contributed by atoms with E-state index in [0.29, 0.717) is 27.5 Å². The maximum absolute atomic E-state index is 12.6. The van der Waals surface area contributed by atoms with Crippen molar-refractivity contribution < 1.29 is 23.9 Å². The van der Waals surface area contributed by atoms with Crippen LogP contribution in [0.3, 0.4) is 0 Å². The van der Waals surface area contributed by atoms with E-state index in [2.05, 4.69) is 5.32 Å². The van der Waals surface area contributed by atoms with E-state index in [-0.39, 0.29) is 5.56 Å². The molecule has 0 fully saturated rings. The average molecular weight is 463 g/mol. The predicted octanol–water partition coefficient (Wildman–Crippen LogP) is 4.63. The van der Waals surface area contributed by atoms with Crippen LogP contribution in [-0.2, 0) is 9.53 Å². The van der Waals surface area contributed by atoms with Crippen molar-refractivity contribution in [1.29, 1.82) is 0 Å². The number of imide groups is 1. The number of carbonyl (C=O) groups is 4. The second kappa shape index (κ2) is 8.88. The maximum atomic E-state index is 12.6. The zero-order chi connectivity index (χ0) is 23.7. The van der Waals surface area contributed by atoms with Gasteiger partial charge in [0.2, 0.25) is 0 Å². The van der Waals surface area contributed by atoms with E-state index in [1.54, 1.807) is 42.5 Å². The van der Waals surface area contributed by atoms with E-state index >= 15 is 0 Å². The molecule has 0 bridgehead atoms. The zero-order valence-corrected chi connectivity index (χ0v) is 18.6. The Bertz CT molecular complexity index is 1250. The summed E-state index contributed by atoms with van der Waals surface area (Å²) in [6.45, 7) is 3.28. The summed E-state index contributed by atoms with van der Waals surface area (Å²) in [6.07, 6.45) is -1.06. The lowest BCUT2D eigenvalue weighted by Crippen LogP contribution is -2.30. The van der Waals surface area contributed by atoms with E-state index in [9.17, 15) is 19.2 Å². The summed E-state index contributed by atoms with van der Waals surface area (Å²) in [6, 6.07) is 17.5. The molecule has 1 aliphatic heterocycles. The molecule has 0 saturated carbocycles. The summed E-state index contributed by atoms with van der Waals surface area (Å²) < 4.78 is 5.27. The number of hydrogen-bond donors (Lipinski definition) is 1. The number of esters is 1. The van der Waals surface area contributed by atoms with E-state index in [4.69, 9.17) is 16.3 Å². The molecule has 0 saturated heterocycles. The molecule has 0 spiro atoms. The number of halogens is 1. The molecule has 1 N–H and O–H groups in total. The first-order chi connectivity index (χ1) is 15.8. The van der Waals surface area contributed by atoms with Crippen LogP contribution in [0.4, 0.5) is 11.4 Å². The molecular weight excluding hydrogens is 444 g/mol. The summed E-state index contributed by atoms with van der Waals surface area (Å²) in [5.74, 6) is -2.06. The number of fused-ring (bicyclic) bond motifs is 1. The standard InChI is InChI=1S/C25H19ClN2O5/c1-14-7-10-17(26)13-21(14)27-22(29)15(2)33-25(32)16-8-11-18(12-9-16)28-23(30)19-5-3-4-6-20(19)24(28)31/h3-13,15H,1-2H3,(H,27,29). The van der Waals surface area contributed by atoms with Crippen LogP contribution < -0.4 is 10.2 Å². The number of hydrogen-bond acceptors (Lipinski definition) is 5. The Hall–Kier alpha value is -3.97. The van der Waals surface area contributed by atoms with Crippen LogP contribution in [0.25, 0.3) is 0 Å². The molecule has 0 aliphatic carbocycles. The molecule has 0 radical (unpaired) electrons. The highest BCUT2D eigenvalue weighted by atomic mass is 35.5. The first-order valence-electron chi connectivity index (χ1n) is 10.1. The number of aryl methyl sites for hydroxylation is 1. The van der Waals surface area contributed by atoms with Crippen LogP contribution in [0.2, 0.25) is 5.02 Å². The van der Waals surface area contributed by atoms with Gasteiger partial charge in [0.1, 0.15) is 0 Å². The van der Waals surface area contributed by atoms with Gasteiger partial charge in [-0.15, -0.1) is 0 Å². The predicted molar refractivity (Wildman–Crippen MR) is 124 cm³/mol. The van der Waals surface area contributed by atoms with Gasteiger partial charge in [0.15, 0.2) is 6.10 Å². The monoisotopic (exact) mass is 462 g/mol. The van der Waals surface area contributed by atoms with Gasteiger partial charge in [-0.05, 0) is 67.9 Å². The summed E-state index contributed by atoms with van der Waals surface area (Å²) in [5, 5.41) is 3.16. The molecule has 166 valence electrons. The Balaban J connectivity index is 1.42. The number of anilines is 2. The van der Waals surface area contributed by atoms with Crippen molar-refractivity contribution in [3.05, 3.63) is 94.0 Å². The lowest BCUT2D eigenvalue weighted by atomic mass is 10.1. The molecule has 1 heterocycles. The minimum Gasteiger partial charge on any atom is -0.449 e. The van der Waals surface area contributed by atoms with Gasteiger partial charge in [0, 0.05) is 10.7 Å². The minimum absolute atomic E-state index is 0.175. The number of nitrogens with zero attached hydrogens (tertiary/aromatic N) is 1. The van der Waals surface area contributed by atoms with Crippen LogP contribution in [0.15, 0.2) is 66.7 Å². The van der Waals surface area contributed by atoms with Gasteiger partial charge in [-0.25, -0.2) is 9.69 Å². The van der Waals surface area contributed by atoms with Crippen molar-refractivity contribution in [3.8, 4) is 0 Å². The number of carbonyl (C=O) groups excluding carboxylic acids is 4. The highest BCUT2D eigenvalue weighted by Crippen LogP contribution is 2.28. The number of ether oxygens (including phenoxy) is 1. The molecule has 0 aromatic heterocycles. The zero-order valence-electron chi connectivity index (χ0n) is 17.8. The van der Waals surface area contributed by atoms with Crippen LogP contribution in [-0.4, -0.2) is 29.8 Å². The molecule has 3 aromatic rings. The third-order valence-corrected chi connectivity index (χ3v) is 5.50. The van der Waals surface area contributed by atoms with Gasteiger partial charge in [0.25, 0.3) is 17.7 Å². The van der Waals surface area contributed by atoms with Crippen molar-refractivity contribution in [2.45, 2.75) is 20.0 Å². The SMILES string of the molecule is Cc1ccc(Cl)cc1NC(=O)C(C)OC(=O)c1ccc(N2C(=O)c3ccccc3C2=O)cc1. The van der Waals surface area contributed by atoms with Crippen LogP contribution >= 0.6 is 11.6 Å². The van der Waals surface area contributed by atoms with Crippen molar-refractivity contribution >= 4 is 46.7 Å². The molecular formula is C25H19ClN2O5. The van der Waals surface area contributed by atoms with Crippen molar-refractivity contribution in [3.63, 3.8) is 0 Å². The number of benzene rings is 3. The van der Waals surface area contributed by atoms with Crippen molar-refractivity contribution in [2.24, 2.45) is 0 Å². The topological polar surface area (TPSA) is 92.8 Å². The Labute approximate surface area is 194 Å². The summed E-state index contributed by atoms with van der Waals surface area (Å²) in [7, 11) is 0. The Morgan fingerprint density at radius 1 is 0.939 bits per heavy atom. The Morgan fingerprint density at radius 3 is 2.15 bits per heavy atom. The van der Waals surface area contributed by atoms with Gasteiger partial charge in [0.05, 0.1) is 22.4 Å². The van der Waals surface area contributed by atoms with Gasteiger partial charge in [-0.2, -0.15) is 0 Å². The smallest absolute Gasteiger partial charge is 0.338 e. The molecule has 1 atom stereocenters. The third-order valence-electron chi connectivity index (χ3n) is 5.27. The maximum Gasteiger partial charge on any atom is 0.338 e. The first-order valence-corrected chi connectivity index (χ1v) is 10.5. The first kappa shape index (κ1) is 22.2. The second-order valence-corrected chi connectivity index (χ2v) is 7.97. The van der Waals surface area contributed by atoms with Crippen LogP contribution in [0.5, 0.6) is 0 Å². The molecule has 1 aliphatic rings. The van der Waals surface area contributed by atoms with Crippen molar-refractivity contribution in [1.82, 2.24) is 0 Å². The number of amides is 3. The molecule has 8 heteroatoms. The van der Waals surface area contributed by atoms with E-state index in [1.165, 1.54) is 31.2 Å². The number of nitrogens with one attached hydrogen (secondary N) is 1. The molecule has 3 amide bonds. The lowest BCUT2D eigenvalue weighted by molar-refractivity contribution is -0.123. The Kier molecular flexibility index (Phi) is 5.98. The van der Waals surface area contributed by atoms with Gasteiger partial charge < -0.3 is 10.1 Å². The lowest BCUT2D eigenvalue weighted by Gasteiger charge is -2.16. The van der Waals surface area contributed by atoms with Gasteiger partial charge >= 0.3 is 5.97 Å².